The largest absolute Gasteiger partial charge is 0.461 e. The predicted octanol–water partition coefficient (Wildman–Crippen LogP) is 4.76. The summed E-state index contributed by atoms with van der Waals surface area (Å²) in [6.07, 6.45) is 6.19. The maximum Gasteiger partial charge on any atom is 0.323 e. The highest BCUT2D eigenvalue weighted by molar-refractivity contribution is 5.85. The third-order valence-corrected chi connectivity index (χ3v) is 5.33. The number of carbonyl (C=O) groups excluding carboxylic acids is 1. The van der Waals surface area contributed by atoms with Gasteiger partial charge in [0.2, 0.25) is 0 Å². The van der Waals surface area contributed by atoms with Crippen LogP contribution < -0.4 is 5.73 Å². The molecule has 4 heteroatoms. The van der Waals surface area contributed by atoms with Crippen LogP contribution in [0.15, 0.2) is 30.3 Å². The predicted molar refractivity (Wildman–Crippen MR) is 106 cm³/mol. The Morgan fingerprint density at radius 3 is 2.52 bits per heavy atom. The SMILES string of the molecule is CC(C)CC[C@H]1CCC[C@H](N)C(=O)O[C@@H](C)[C@@H]1Cc1ccccc1.Cl. The van der Waals surface area contributed by atoms with E-state index in [1.807, 2.05) is 13.0 Å². The minimum atomic E-state index is -0.464. The van der Waals surface area contributed by atoms with E-state index in [2.05, 4.69) is 38.1 Å². The lowest BCUT2D eigenvalue weighted by atomic mass is 9.77. The van der Waals surface area contributed by atoms with Gasteiger partial charge in [0.1, 0.15) is 12.1 Å². The van der Waals surface area contributed by atoms with Crippen molar-refractivity contribution in [1.82, 2.24) is 0 Å². The zero-order chi connectivity index (χ0) is 17.5. The molecule has 4 atom stereocenters. The molecular weight excluding hydrogens is 334 g/mol. The number of ether oxygens (including phenoxy) is 1. The summed E-state index contributed by atoms with van der Waals surface area (Å²) in [5.74, 6) is 1.42. The molecule has 1 heterocycles. The molecule has 0 spiro atoms. The first-order valence-electron chi connectivity index (χ1n) is 9.47. The molecule has 1 fully saturated rings. The molecule has 0 amide bonds. The summed E-state index contributed by atoms with van der Waals surface area (Å²) in [5.41, 5.74) is 7.29. The number of hydrogen-bond donors (Lipinski definition) is 1. The van der Waals surface area contributed by atoms with Gasteiger partial charge >= 0.3 is 5.97 Å². The number of halogens is 1. The molecule has 0 aliphatic carbocycles. The average Bonchev–Trinajstić information content (AvgIpc) is 2.60. The molecule has 0 radical (unpaired) electrons. The van der Waals surface area contributed by atoms with Crippen LogP contribution in [-0.2, 0) is 16.0 Å². The summed E-state index contributed by atoms with van der Waals surface area (Å²) in [5, 5.41) is 0. The van der Waals surface area contributed by atoms with Crippen molar-refractivity contribution < 1.29 is 9.53 Å². The lowest BCUT2D eigenvalue weighted by molar-refractivity contribution is -0.153. The van der Waals surface area contributed by atoms with E-state index in [0.29, 0.717) is 17.8 Å². The monoisotopic (exact) mass is 367 g/mol. The van der Waals surface area contributed by atoms with Crippen molar-refractivity contribution in [2.75, 3.05) is 0 Å². The van der Waals surface area contributed by atoms with Crippen molar-refractivity contribution in [2.45, 2.75) is 71.4 Å². The average molecular weight is 368 g/mol. The molecule has 2 N–H and O–H groups in total. The third-order valence-electron chi connectivity index (χ3n) is 5.33. The Bertz CT molecular complexity index is 506. The number of cyclic esters (lactones) is 1. The molecule has 0 unspecified atom stereocenters. The minimum Gasteiger partial charge on any atom is -0.461 e. The Hall–Kier alpha value is -1.06. The summed E-state index contributed by atoms with van der Waals surface area (Å²) in [6.45, 7) is 6.60. The molecule has 1 aliphatic heterocycles. The van der Waals surface area contributed by atoms with Gasteiger partial charge in [-0.25, -0.2) is 0 Å². The summed E-state index contributed by atoms with van der Waals surface area (Å²) in [7, 11) is 0. The van der Waals surface area contributed by atoms with Gasteiger partial charge in [0, 0.05) is 5.92 Å². The zero-order valence-corrected chi connectivity index (χ0v) is 16.6. The molecule has 1 aliphatic rings. The van der Waals surface area contributed by atoms with E-state index in [4.69, 9.17) is 10.5 Å². The van der Waals surface area contributed by atoms with E-state index in [9.17, 15) is 4.79 Å². The normalized spacial score (nSPS) is 27.6. The van der Waals surface area contributed by atoms with Gasteiger partial charge in [0.15, 0.2) is 0 Å². The van der Waals surface area contributed by atoms with Crippen molar-refractivity contribution in [3.8, 4) is 0 Å². The second kappa shape index (κ2) is 10.8. The van der Waals surface area contributed by atoms with Crippen LogP contribution in [0.3, 0.4) is 0 Å². The summed E-state index contributed by atoms with van der Waals surface area (Å²) >= 11 is 0. The standard InChI is InChI=1S/C21H33NO2.ClH/c1-15(2)12-13-18-10-7-11-20(22)21(23)24-16(3)19(18)14-17-8-5-4-6-9-17;/h4-6,8-9,15-16,18-20H,7,10-14,22H2,1-3H3;1H/t16-,18+,19-,20-;/m0./s1. The maximum absolute atomic E-state index is 12.2. The van der Waals surface area contributed by atoms with Crippen molar-refractivity contribution in [3.63, 3.8) is 0 Å². The molecule has 0 bridgehead atoms. The molecule has 3 nitrogen and oxygen atoms in total. The quantitative estimate of drug-likeness (QED) is 0.763. The first-order chi connectivity index (χ1) is 11.5. The van der Waals surface area contributed by atoms with E-state index in [0.717, 1.165) is 25.7 Å². The van der Waals surface area contributed by atoms with Crippen LogP contribution in [0.5, 0.6) is 0 Å². The topological polar surface area (TPSA) is 52.3 Å². The fourth-order valence-corrected chi connectivity index (χ4v) is 3.80. The van der Waals surface area contributed by atoms with Gasteiger partial charge in [0.05, 0.1) is 0 Å². The summed E-state index contributed by atoms with van der Waals surface area (Å²) in [4.78, 5) is 12.2. The van der Waals surface area contributed by atoms with Crippen molar-refractivity contribution >= 4 is 18.4 Å². The van der Waals surface area contributed by atoms with E-state index >= 15 is 0 Å². The molecule has 1 aromatic carbocycles. The van der Waals surface area contributed by atoms with Crippen LogP contribution in [0.1, 0.15) is 58.4 Å². The Morgan fingerprint density at radius 2 is 1.88 bits per heavy atom. The fraction of sp³-hybridized carbons (Fsp3) is 0.667. The van der Waals surface area contributed by atoms with Crippen LogP contribution in [0.25, 0.3) is 0 Å². The highest BCUT2D eigenvalue weighted by Gasteiger charge is 2.32. The van der Waals surface area contributed by atoms with Gasteiger partial charge in [-0.15, -0.1) is 12.4 Å². The minimum absolute atomic E-state index is 0. The molecule has 2 rings (SSSR count). The number of carbonyl (C=O) groups is 1. The molecule has 0 saturated carbocycles. The van der Waals surface area contributed by atoms with Crippen molar-refractivity contribution in [3.05, 3.63) is 35.9 Å². The maximum atomic E-state index is 12.2. The lowest BCUT2D eigenvalue weighted by Gasteiger charge is -2.32. The first-order valence-corrected chi connectivity index (χ1v) is 9.47. The van der Waals surface area contributed by atoms with Crippen molar-refractivity contribution in [2.24, 2.45) is 23.5 Å². The van der Waals surface area contributed by atoms with Gasteiger partial charge in [-0.05, 0) is 50.0 Å². The van der Waals surface area contributed by atoms with Crippen LogP contribution in [-0.4, -0.2) is 18.1 Å². The summed E-state index contributed by atoms with van der Waals surface area (Å²) < 4.78 is 5.74. The smallest absolute Gasteiger partial charge is 0.323 e. The van der Waals surface area contributed by atoms with E-state index in [1.165, 1.54) is 18.4 Å². The van der Waals surface area contributed by atoms with Gasteiger partial charge in [0.25, 0.3) is 0 Å². The molecular formula is C21H34ClNO2. The molecule has 25 heavy (non-hydrogen) atoms. The number of nitrogens with two attached hydrogens (primary N) is 1. The summed E-state index contributed by atoms with van der Waals surface area (Å²) in [6, 6.07) is 10.1. The van der Waals surface area contributed by atoms with Crippen molar-refractivity contribution in [1.29, 1.82) is 0 Å². The molecule has 1 aromatic rings. The van der Waals surface area contributed by atoms with Gasteiger partial charge in [-0.1, -0.05) is 57.0 Å². The molecule has 0 aromatic heterocycles. The molecule has 1 saturated heterocycles. The second-order valence-electron chi connectivity index (χ2n) is 7.76. The number of hydrogen-bond acceptors (Lipinski definition) is 3. The van der Waals surface area contributed by atoms with E-state index in [-0.39, 0.29) is 24.5 Å². The Balaban J connectivity index is 0.00000312. The number of rotatable bonds is 5. The Kier molecular flexibility index (Phi) is 9.52. The van der Waals surface area contributed by atoms with Gasteiger partial charge < -0.3 is 10.5 Å². The van der Waals surface area contributed by atoms with Crippen LogP contribution >= 0.6 is 12.4 Å². The van der Waals surface area contributed by atoms with Gasteiger partial charge in [-0.2, -0.15) is 0 Å². The highest BCUT2D eigenvalue weighted by atomic mass is 35.5. The highest BCUT2D eigenvalue weighted by Crippen LogP contribution is 2.33. The molecule has 142 valence electrons. The van der Waals surface area contributed by atoms with E-state index < -0.39 is 6.04 Å². The zero-order valence-electron chi connectivity index (χ0n) is 15.8. The fourth-order valence-electron chi connectivity index (χ4n) is 3.80. The van der Waals surface area contributed by atoms with Crippen LogP contribution in [0.4, 0.5) is 0 Å². The second-order valence-corrected chi connectivity index (χ2v) is 7.76. The Morgan fingerprint density at radius 1 is 1.20 bits per heavy atom. The van der Waals surface area contributed by atoms with E-state index in [1.54, 1.807) is 0 Å². The van der Waals surface area contributed by atoms with Crippen LogP contribution in [0.2, 0.25) is 0 Å². The third kappa shape index (κ3) is 6.99. The Labute approximate surface area is 159 Å². The number of esters is 1. The number of benzene rings is 1. The lowest BCUT2D eigenvalue weighted by Crippen LogP contribution is -2.37. The first kappa shape index (κ1) is 22.0. The van der Waals surface area contributed by atoms with Crippen LogP contribution in [0, 0.1) is 17.8 Å². The van der Waals surface area contributed by atoms with Gasteiger partial charge in [-0.3, -0.25) is 4.79 Å².